The van der Waals surface area contributed by atoms with Crippen LogP contribution in [-0.2, 0) is 4.74 Å². The normalized spacial score (nSPS) is 13.2. The minimum absolute atomic E-state index is 0.251. The van der Waals surface area contributed by atoms with E-state index in [1.165, 1.54) is 5.56 Å². The van der Waals surface area contributed by atoms with E-state index in [1.54, 1.807) is 0 Å². The van der Waals surface area contributed by atoms with E-state index in [1.807, 2.05) is 32.9 Å². The first kappa shape index (κ1) is 15.1. The Balaban J connectivity index is 2.61. The Labute approximate surface area is 114 Å². The molecule has 0 heterocycles. The summed E-state index contributed by atoms with van der Waals surface area (Å²) in [4.78, 5) is 12.6. The second-order valence-electron chi connectivity index (χ2n) is 5.44. The van der Waals surface area contributed by atoms with E-state index in [-0.39, 0.29) is 5.30 Å². The molecule has 0 aliphatic heterocycles. The molecule has 0 saturated heterocycles. The van der Waals surface area contributed by atoms with Crippen molar-refractivity contribution in [3.05, 3.63) is 29.8 Å². The highest BCUT2D eigenvalue weighted by Crippen LogP contribution is 2.26. The molecule has 0 spiro atoms. The van der Waals surface area contributed by atoms with Crippen LogP contribution in [0.1, 0.15) is 52.5 Å². The first-order valence-electron chi connectivity index (χ1n) is 6.32. The number of hydrogen-bond acceptors (Lipinski definition) is 3. The number of ether oxygens (including phenoxy) is 1. The Morgan fingerprint density at radius 1 is 1.28 bits per heavy atom. The summed E-state index contributed by atoms with van der Waals surface area (Å²) in [7, 11) is 0. The lowest BCUT2D eigenvalue weighted by Gasteiger charge is -2.18. The maximum Gasteiger partial charge on any atom is 0.372 e. The molecule has 1 rings (SSSR count). The van der Waals surface area contributed by atoms with Crippen LogP contribution in [-0.4, -0.2) is 10.9 Å². The Kier molecular flexibility index (Phi) is 5.27. The van der Waals surface area contributed by atoms with Gasteiger partial charge in [-0.3, -0.25) is 0 Å². The van der Waals surface area contributed by atoms with Gasteiger partial charge in [0.25, 0.3) is 0 Å². The van der Waals surface area contributed by atoms with Crippen LogP contribution in [0.4, 0.5) is 4.79 Å². The highest BCUT2D eigenvalue weighted by Gasteiger charge is 2.17. The minimum atomic E-state index is -0.430. The van der Waals surface area contributed by atoms with Crippen molar-refractivity contribution < 1.29 is 9.53 Å². The quantitative estimate of drug-likeness (QED) is 0.553. The van der Waals surface area contributed by atoms with Crippen LogP contribution in [0.3, 0.4) is 0 Å². The first-order valence-corrected chi connectivity index (χ1v) is 7.14. The van der Waals surface area contributed by atoms with Crippen molar-refractivity contribution >= 4 is 17.1 Å². The van der Waals surface area contributed by atoms with Crippen molar-refractivity contribution in [3.63, 3.8) is 0 Å². The zero-order chi connectivity index (χ0) is 13.8. The van der Waals surface area contributed by atoms with Crippen LogP contribution in [0.2, 0.25) is 0 Å². The molecule has 1 atom stereocenters. The van der Waals surface area contributed by atoms with E-state index in [2.05, 4.69) is 26.0 Å². The molecule has 100 valence electrons. The van der Waals surface area contributed by atoms with Gasteiger partial charge in [0, 0.05) is 4.90 Å². The molecule has 0 saturated carbocycles. The summed E-state index contributed by atoms with van der Waals surface area (Å²) in [6.07, 6.45) is 1.12. The highest BCUT2D eigenvalue weighted by molar-refractivity contribution is 8.13. The standard InChI is InChI=1S/C15H22O2S/c1-6-11(2)12-7-9-13(10-8-12)18-14(16)17-15(3,4)5/h7-11H,6H2,1-5H3. The second kappa shape index (κ2) is 6.28. The van der Waals surface area contributed by atoms with E-state index in [0.29, 0.717) is 5.92 Å². The Morgan fingerprint density at radius 2 is 1.83 bits per heavy atom. The second-order valence-corrected chi connectivity index (χ2v) is 6.45. The lowest BCUT2D eigenvalue weighted by atomic mass is 9.99. The monoisotopic (exact) mass is 266 g/mol. The van der Waals surface area contributed by atoms with E-state index in [0.717, 1.165) is 23.1 Å². The SMILES string of the molecule is CCC(C)c1ccc(SC(=O)OC(C)(C)C)cc1. The number of benzene rings is 1. The Hall–Kier alpha value is -0.960. The van der Waals surface area contributed by atoms with Gasteiger partial charge in [0.2, 0.25) is 0 Å². The van der Waals surface area contributed by atoms with Gasteiger partial charge < -0.3 is 4.74 Å². The van der Waals surface area contributed by atoms with Crippen molar-refractivity contribution in [3.8, 4) is 0 Å². The maximum atomic E-state index is 11.6. The molecule has 0 aliphatic carbocycles. The first-order chi connectivity index (χ1) is 8.31. The summed E-state index contributed by atoms with van der Waals surface area (Å²) in [5.74, 6) is 0.561. The van der Waals surface area contributed by atoms with Crippen molar-refractivity contribution in [1.82, 2.24) is 0 Å². The van der Waals surface area contributed by atoms with E-state index < -0.39 is 5.60 Å². The summed E-state index contributed by atoms with van der Waals surface area (Å²) in [6, 6.07) is 8.13. The van der Waals surface area contributed by atoms with Crippen LogP contribution in [0.25, 0.3) is 0 Å². The lowest BCUT2D eigenvalue weighted by molar-refractivity contribution is 0.0738. The Morgan fingerprint density at radius 3 is 2.28 bits per heavy atom. The van der Waals surface area contributed by atoms with Crippen molar-refractivity contribution in [2.75, 3.05) is 0 Å². The zero-order valence-electron chi connectivity index (χ0n) is 11.8. The molecular formula is C15H22O2S. The molecule has 1 aromatic rings. The summed E-state index contributed by atoms with van der Waals surface area (Å²) >= 11 is 1.14. The third kappa shape index (κ3) is 5.13. The average molecular weight is 266 g/mol. The summed E-state index contributed by atoms with van der Waals surface area (Å²) in [5, 5.41) is -0.251. The predicted octanol–water partition coefficient (Wildman–Crippen LogP) is 5.23. The molecule has 0 N–H and O–H groups in total. The van der Waals surface area contributed by atoms with Gasteiger partial charge in [-0.25, -0.2) is 4.79 Å². The molecule has 0 amide bonds. The fourth-order valence-corrected chi connectivity index (χ4v) is 2.22. The molecule has 0 bridgehead atoms. The molecule has 1 aromatic carbocycles. The Bertz CT molecular complexity index is 390. The minimum Gasteiger partial charge on any atom is -0.452 e. The van der Waals surface area contributed by atoms with E-state index in [4.69, 9.17) is 4.74 Å². The van der Waals surface area contributed by atoms with E-state index >= 15 is 0 Å². The largest absolute Gasteiger partial charge is 0.452 e. The van der Waals surface area contributed by atoms with Gasteiger partial charge in [0.15, 0.2) is 0 Å². The number of hydrogen-bond donors (Lipinski definition) is 0. The van der Waals surface area contributed by atoms with E-state index in [9.17, 15) is 4.79 Å². The third-order valence-corrected chi connectivity index (χ3v) is 3.41. The number of carbonyl (C=O) groups excluding carboxylic acids is 1. The fourth-order valence-electron chi connectivity index (χ4n) is 1.47. The van der Waals surface area contributed by atoms with Gasteiger partial charge in [-0.2, -0.15) is 0 Å². The molecule has 0 radical (unpaired) electrons. The van der Waals surface area contributed by atoms with Gasteiger partial charge in [0.1, 0.15) is 5.60 Å². The van der Waals surface area contributed by atoms with Gasteiger partial charge in [-0.05, 0) is 62.6 Å². The summed E-state index contributed by atoms with van der Waals surface area (Å²) in [6.45, 7) is 10.00. The molecule has 2 nitrogen and oxygen atoms in total. The zero-order valence-corrected chi connectivity index (χ0v) is 12.6. The summed E-state index contributed by atoms with van der Waals surface area (Å²) in [5.41, 5.74) is 0.881. The molecule has 18 heavy (non-hydrogen) atoms. The maximum absolute atomic E-state index is 11.6. The molecular weight excluding hydrogens is 244 g/mol. The van der Waals surface area contributed by atoms with Crippen molar-refractivity contribution in [2.24, 2.45) is 0 Å². The molecule has 3 heteroatoms. The van der Waals surface area contributed by atoms with Crippen LogP contribution in [0.15, 0.2) is 29.2 Å². The molecule has 0 fully saturated rings. The smallest absolute Gasteiger partial charge is 0.372 e. The van der Waals surface area contributed by atoms with Crippen LogP contribution in [0, 0.1) is 0 Å². The van der Waals surface area contributed by atoms with Gasteiger partial charge in [0.05, 0.1) is 0 Å². The van der Waals surface area contributed by atoms with Crippen LogP contribution < -0.4 is 0 Å². The molecule has 1 unspecified atom stereocenters. The fraction of sp³-hybridized carbons (Fsp3) is 0.533. The van der Waals surface area contributed by atoms with Gasteiger partial charge >= 0.3 is 5.30 Å². The third-order valence-electron chi connectivity index (χ3n) is 2.65. The number of thioether (sulfide) groups is 1. The molecule has 0 aliphatic rings. The lowest BCUT2D eigenvalue weighted by Crippen LogP contribution is -2.21. The van der Waals surface area contributed by atoms with Crippen molar-refractivity contribution in [1.29, 1.82) is 0 Å². The number of rotatable bonds is 3. The highest BCUT2D eigenvalue weighted by atomic mass is 32.2. The summed E-state index contributed by atoms with van der Waals surface area (Å²) < 4.78 is 5.26. The van der Waals surface area contributed by atoms with Crippen LogP contribution in [0.5, 0.6) is 0 Å². The van der Waals surface area contributed by atoms with Gasteiger partial charge in [-0.15, -0.1) is 0 Å². The average Bonchev–Trinajstić information content (AvgIpc) is 2.26. The van der Waals surface area contributed by atoms with Crippen LogP contribution >= 0.6 is 11.8 Å². The molecule has 0 aromatic heterocycles. The van der Waals surface area contributed by atoms with Gasteiger partial charge in [-0.1, -0.05) is 26.0 Å². The van der Waals surface area contributed by atoms with Crippen molar-refractivity contribution in [2.45, 2.75) is 57.5 Å². The predicted molar refractivity (Wildman–Crippen MR) is 77.2 cm³/mol. The topological polar surface area (TPSA) is 26.3 Å². The number of carbonyl (C=O) groups is 1.